The molecule has 0 saturated carbocycles. The molecule has 60 valence electrons. The molecular formula is C4H9O5P. The van der Waals surface area contributed by atoms with Gasteiger partial charge in [0.1, 0.15) is 6.10 Å². The van der Waals surface area contributed by atoms with Crippen molar-refractivity contribution in [3.8, 4) is 0 Å². The van der Waals surface area contributed by atoms with E-state index in [-0.39, 0.29) is 12.7 Å². The monoisotopic (exact) mass is 168 g/mol. The van der Waals surface area contributed by atoms with E-state index in [1.807, 2.05) is 6.92 Å². The van der Waals surface area contributed by atoms with Gasteiger partial charge in [-0.25, -0.2) is 9.45 Å². The second-order valence-electron chi connectivity index (χ2n) is 1.97. The van der Waals surface area contributed by atoms with Gasteiger partial charge < -0.3 is 4.89 Å². The zero-order valence-corrected chi connectivity index (χ0v) is 6.41. The second-order valence-corrected chi connectivity index (χ2v) is 3.31. The van der Waals surface area contributed by atoms with Gasteiger partial charge in [-0.15, -0.1) is 4.67 Å². The number of phosphoric acid groups is 1. The Morgan fingerprint density at radius 1 is 1.80 bits per heavy atom. The number of hydrogen-bond acceptors (Lipinski definition) is 4. The quantitative estimate of drug-likeness (QED) is 0.464. The van der Waals surface area contributed by atoms with Crippen LogP contribution in [-0.2, 0) is 18.7 Å². The van der Waals surface area contributed by atoms with Gasteiger partial charge in [-0.05, 0) is 6.42 Å². The van der Waals surface area contributed by atoms with Gasteiger partial charge in [-0.2, -0.15) is 0 Å². The summed E-state index contributed by atoms with van der Waals surface area (Å²) in [6.45, 7) is 1.98. The van der Waals surface area contributed by atoms with Gasteiger partial charge in [-0.1, -0.05) is 6.92 Å². The molecule has 6 heteroatoms. The molecule has 0 aliphatic carbocycles. The van der Waals surface area contributed by atoms with Crippen molar-refractivity contribution in [3.63, 3.8) is 0 Å². The highest BCUT2D eigenvalue weighted by Crippen LogP contribution is 2.46. The lowest BCUT2D eigenvalue weighted by Gasteiger charge is -2.22. The van der Waals surface area contributed by atoms with Crippen LogP contribution in [0.25, 0.3) is 0 Å². The van der Waals surface area contributed by atoms with Gasteiger partial charge in [-0.3, -0.25) is 4.52 Å². The third-order valence-electron chi connectivity index (χ3n) is 1.15. The number of hydrogen-bond donors (Lipinski definition) is 1. The zero-order chi connectivity index (χ0) is 7.61. The van der Waals surface area contributed by atoms with Gasteiger partial charge >= 0.3 is 7.82 Å². The normalized spacial score (nSPS) is 41.6. The minimum atomic E-state index is -3.86. The SMILES string of the molecule is CCC1COP(=O)(O)OO1. The summed E-state index contributed by atoms with van der Waals surface area (Å²) in [5.41, 5.74) is 0. The molecule has 0 spiro atoms. The molecule has 10 heavy (non-hydrogen) atoms. The molecular weight excluding hydrogens is 159 g/mol. The molecule has 2 atom stereocenters. The van der Waals surface area contributed by atoms with E-state index in [4.69, 9.17) is 4.89 Å². The lowest BCUT2D eigenvalue weighted by molar-refractivity contribution is -0.288. The fourth-order valence-electron chi connectivity index (χ4n) is 0.528. The van der Waals surface area contributed by atoms with Crippen molar-refractivity contribution in [1.29, 1.82) is 0 Å². The Kier molecular flexibility index (Phi) is 2.44. The van der Waals surface area contributed by atoms with Crippen molar-refractivity contribution in [2.75, 3.05) is 6.61 Å². The number of phosphoric ester groups is 1. The van der Waals surface area contributed by atoms with Crippen molar-refractivity contribution in [2.24, 2.45) is 0 Å². The molecule has 0 aromatic carbocycles. The zero-order valence-electron chi connectivity index (χ0n) is 5.52. The van der Waals surface area contributed by atoms with Crippen molar-refractivity contribution in [3.05, 3.63) is 0 Å². The fourth-order valence-corrected chi connectivity index (χ4v) is 1.16. The first-order valence-electron chi connectivity index (χ1n) is 2.96. The molecule has 1 saturated heterocycles. The fraction of sp³-hybridized carbons (Fsp3) is 1.00. The summed E-state index contributed by atoms with van der Waals surface area (Å²) in [6.07, 6.45) is 0.467. The van der Waals surface area contributed by atoms with E-state index in [2.05, 4.69) is 14.1 Å². The highest BCUT2D eigenvalue weighted by Gasteiger charge is 2.31. The van der Waals surface area contributed by atoms with Crippen LogP contribution in [0.5, 0.6) is 0 Å². The van der Waals surface area contributed by atoms with E-state index in [9.17, 15) is 4.57 Å². The molecule has 0 bridgehead atoms. The molecule has 0 radical (unpaired) electrons. The summed E-state index contributed by atoms with van der Waals surface area (Å²) in [7, 11) is -3.86. The highest BCUT2D eigenvalue weighted by molar-refractivity contribution is 7.47. The Morgan fingerprint density at radius 3 is 2.90 bits per heavy atom. The van der Waals surface area contributed by atoms with E-state index >= 15 is 0 Å². The summed E-state index contributed by atoms with van der Waals surface area (Å²) in [5, 5.41) is 0. The van der Waals surface area contributed by atoms with E-state index in [1.54, 1.807) is 0 Å². The third kappa shape index (κ3) is 2.04. The Labute approximate surface area is 58.4 Å². The van der Waals surface area contributed by atoms with Crippen molar-refractivity contribution < 1.29 is 23.5 Å². The predicted molar refractivity (Wildman–Crippen MR) is 32.0 cm³/mol. The maximum atomic E-state index is 10.5. The van der Waals surface area contributed by atoms with Crippen LogP contribution in [0, 0.1) is 0 Å². The Bertz CT molecular complexity index is 146. The van der Waals surface area contributed by atoms with Crippen LogP contribution >= 0.6 is 7.82 Å². The minimum Gasteiger partial charge on any atom is -0.301 e. The molecule has 2 unspecified atom stereocenters. The lowest BCUT2D eigenvalue weighted by atomic mass is 10.3. The van der Waals surface area contributed by atoms with Gasteiger partial charge in [0.05, 0.1) is 6.61 Å². The van der Waals surface area contributed by atoms with Crippen molar-refractivity contribution in [2.45, 2.75) is 19.4 Å². The Balaban J connectivity index is 2.38. The standard InChI is InChI=1S/C4H9O5P/c1-2-4-3-7-10(5,6)9-8-4/h4H,2-3H2,1H3,(H,5,6). The van der Waals surface area contributed by atoms with E-state index < -0.39 is 7.82 Å². The van der Waals surface area contributed by atoms with Gasteiger partial charge in [0, 0.05) is 0 Å². The lowest BCUT2D eigenvalue weighted by Crippen LogP contribution is -2.23. The highest BCUT2D eigenvalue weighted by atomic mass is 31.2. The molecule has 0 amide bonds. The molecule has 1 aliphatic rings. The van der Waals surface area contributed by atoms with Crippen LogP contribution < -0.4 is 0 Å². The molecule has 1 aliphatic heterocycles. The maximum absolute atomic E-state index is 10.5. The first kappa shape index (κ1) is 8.17. The Morgan fingerprint density at radius 2 is 2.50 bits per heavy atom. The third-order valence-corrected chi connectivity index (χ3v) is 1.90. The van der Waals surface area contributed by atoms with Gasteiger partial charge in [0.2, 0.25) is 0 Å². The largest absolute Gasteiger partial charge is 0.499 e. The summed E-state index contributed by atoms with van der Waals surface area (Å²) >= 11 is 0. The molecule has 1 heterocycles. The average Bonchev–Trinajstić information content (AvgIpc) is 1.88. The van der Waals surface area contributed by atoms with Gasteiger partial charge in [0.25, 0.3) is 0 Å². The molecule has 1 rings (SSSR count). The predicted octanol–water partition coefficient (Wildman–Crippen LogP) is 0.844. The smallest absolute Gasteiger partial charge is 0.301 e. The minimum absolute atomic E-state index is 0.115. The Hall–Kier alpha value is 0.0700. The first-order chi connectivity index (χ1) is 4.64. The van der Waals surface area contributed by atoms with E-state index in [1.165, 1.54) is 0 Å². The van der Waals surface area contributed by atoms with E-state index in [0.717, 1.165) is 0 Å². The number of rotatable bonds is 1. The van der Waals surface area contributed by atoms with Crippen LogP contribution in [-0.4, -0.2) is 17.6 Å². The van der Waals surface area contributed by atoms with Crippen LogP contribution in [0.1, 0.15) is 13.3 Å². The van der Waals surface area contributed by atoms with Crippen molar-refractivity contribution >= 4 is 7.82 Å². The average molecular weight is 168 g/mol. The molecule has 1 N–H and O–H groups in total. The summed E-state index contributed by atoms with van der Waals surface area (Å²) in [5.74, 6) is 0. The topological polar surface area (TPSA) is 65.0 Å². The van der Waals surface area contributed by atoms with Crippen LogP contribution in [0.15, 0.2) is 0 Å². The van der Waals surface area contributed by atoms with Gasteiger partial charge in [0.15, 0.2) is 0 Å². The summed E-state index contributed by atoms with van der Waals surface area (Å²) < 4.78 is 19.0. The molecule has 0 aromatic heterocycles. The molecule has 0 aromatic rings. The second kappa shape index (κ2) is 2.98. The van der Waals surface area contributed by atoms with Crippen LogP contribution in [0.2, 0.25) is 0 Å². The molecule has 5 nitrogen and oxygen atoms in total. The van der Waals surface area contributed by atoms with E-state index in [0.29, 0.717) is 6.42 Å². The van der Waals surface area contributed by atoms with Crippen molar-refractivity contribution in [1.82, 2.24) is 0 Å². The summed E-state index contributed by atoms with van der Waals surface area (Å²) in [4.78, 5) is 13.1. The van der Waals surface area contributed by atoms with Crippen LogP contribution in [0.3, 0.4) is 0 Å². The molecule has 1 fully saturated rings. The maximum Gasteiger partial charge on any atom is 0.499 e. The first-order valence-corrected chi connectivity index (χ1v) is 4.46. The summed E-state index contributed by atoms with van der Waals surface area (Å²) in [6, 6.07) is 0. The van der Waals surface area contributed by atoms with Crippen LogP contribution in [0.4, 0.5) is 0 Å².